The van der Waals surface area contributed by atoms with Crippen LogP contribution < -0.4 is 0 Å². The van der Waals surface area contributed by atoms with Gasteiger partial charge in [0.2, 0.25) is 0 Å². The molecule has 0 aliphatic heterocycles. The van der Waals surface area contributed by atoms with Gasteiger partial charge in [-0.1, -0.05) is 83.9 Å². The van der Waals surface area contributed by atoms with Crippen molar-refractivity contribution in [3.05, 3.63) is 100 Å². The Hall–Kier alpha value is -2.26. The van der Waals surface area contributed by atoms with Crippen molar-refractivity contribution in [1.29, 1.82) is 0 Å². The molecule has 0 saturated heterocycles. The molecule has 34 heavy (non-hydrogen) atoms. The zero-order valence-corrected chi connectivity index (χ0v) is 20.5. The molecule has 0 spiro atoms. The minimum absolute atomic E-state index is 0.0853. The predicted molar refractivity (Wildman–Crippen MR) is 130 cm³/mol. The van der Waals surface area contributed by atoms with Gasteiger partial charge in [0, 0.05) is 16.5 Å². The molecule has 0 saturated carbocycles. The Morgan fingerprint density at radius 2 is 1.35 bits per heavy atom. The van der Waals surface area contributed by atoms with Crippen LogP contribution in [0.5, 0.6) is 0 Å². The second-order valence-corrected chi connectivity index (χ2v) is 9.88. The highest BCUT2D eigenvalue weighted by atomic mass is 35.5. The van der Waals surface area contributed by atoms with Gasteiger partial charge in [0.15, 0.2) is 0 Å². The second-order valence-electron chi connectivity index (χ2n) is 7.43. The quantitative estimate of drug-likeness (QED) is 0.219. The molecule has 2 unspecified atom stereocenters. The predicted octanol–water partition coefficient (Wildman–Crippen LogP) is 5.46. The van der Waals surface area contributed by atoms with Crippen LogP contribution >= 0.6 is 23.2 Å². The molecule has 0 amide bonds. The molecule has 3 aromatic carbocycles. The number of halogens is 2. The Morgan fingerprint density at radius 1 is 0.794 bits per heavy atom. The summed E-state index contributed by atoms with van der Waals surface area (Å²) in [6.07, 6.45) is -1.40. The zero-order valence-electron chi connectivity index (χ0n) is 18.2. The van der Waals surface area contributed by atoms with Crippen LogP contribution in [0.2, 0.25) is 10.0 Å². The highest BCUT2D eigenvalue weighted by molar-refractivity contribution is 7.86. The fraction of sp³-hybridized carbons (Fsp3) is 0.240. The van der Waals surface area contributed by atoms with Crippen molar-refractivity contribution in [2.75, 3.05) is 6.61 Å². The van der Waals surface area contributed by atoms with E-state index >= 15 is 0 Å². The van der Waals surface area contributed by atoms with E-state index in [1.54, 1.807) is 0 Å². The summed E-state index contributed by atoms with van der Waals surface area (Å²) >= 11 is 11.9. The number of rotatable bonds is 13. The normalized spacial score (nSPS) is 13.4. The van der Waals surface area contributed by atoms with E-state index in [2.05, 4.69) is 0 Å². The van der Waals surface area contributed by atoms with Crippen LogP contribution in [0.25, 0.3) is 0 Å². The highest BCUT2D eigenvalue weighted by Gasteiger charge is 2.30. The number of aldehydes is 1. The summed E-state index contributed by atoms with van der Waals surface area (Å²) in [6, 6.07) is 22.6. The summed E-state index contributed by atoms with van der Waals surface area (Å²) in [5.74, 6) is 0. The van der Waals surface area contributed by atoms with Crippen LogP contribution in [0.4, 0.5) is 0 Å². The first-order valence-corrected chi connectivity index (χ1v) is 12.6. The molecule has 0 aliphatic carbocycles. The minimum Gasteiger partial charge on any atom is -0.374 e. The molecule has 9 heteroatoms. The number of ether oxygens (including phenoxy) is 2. The first-order chi connectivity index (χ1) is 16.4. The van der Waals surface area contributed by atoms with Crippen LogP contribution in [0.3, 0.4) is 0 Å². The number of hydrogen-bond donors (Lipinski definition) is 0. The summed E-state index contributed by atoms with van der Waals surface area (Å²) in [7, 11) is -4.29. The van der Waals surface area contributed by atoms with E-state index in [0.29, 0.717) is 6.29 Å². The van der Waals surface area contributed by atoms with E-state index in [9.17, 15) is 13.2 Å². The smallest absolute Gasteiger partial charge is 0.297 e. The average molecular weight is 523 g/mol. The number of carbonyl (C=O) groups excluding carboxylic acids is 1. The Labute approximate surface area is 209 Å². The van der Waals surface area contributed by atoms with E-state index in [1.165, 1.54) is 18.2 Å². The van der Waals surface area contributed by atoms with E-state index in [0.717, 1.165) is 11.1 Å². The second kappa shape index (κ2) is 13.0. The molecule has 0 aliphatic rings. The standard InChI is InChI=1S/C25H24Cl2O6S/c26-21-13-22(27)15-23(14-21)34(29,30)33-25(18-31-16-19-7-3-1-4-8-19)24(11-12-28)32-17-20-9-5-2-6-10-20/h1-10,12-15,24-25H,11,16-18H2. The summed E-state index contributed by atoms with van der Waals surface area (Å²) in [5, 5.41) is 0.299. The third-order valence-electron chi connectivity index (χ3n) is 4.82. The van der Waals surface area contributed by atoms with Crippen molar-refractivity contribution >= 4 is 39.6 Å². The lowest BCUT2D eigenvalue weighted by Crippen LogP contribution is -2.37. The van der Waals surface area contributed by atoms with Gasteiger partial charge in [0.1, 0.15) is 12.4 Å². The molecule has 0 fully saturated rings. The van der Waals surface area contributed by atoms with Gasteiger partial charge in [-0.3, -0.25) is 4.18 Å². The lowest BCUT2D eigenvalue weighted by atomic mass is 10.1. The van der Waals surface area contributed by atoms with Gasteiger partial charge in [-0.05, 0) is 29.3 Å². The molecule has 0 aromatic heterocycles. The average Bonchev–Trinajstić information content (AvgIpc) is 2.82. The topological polar surface area (TPSA) is 78.9 Å². The Bertz CT molecular complexity index is 1140. The van der Waals surface area contributed by atoms with Crippen LogP contribution in [-0.2, 0) is 41.8 Å². The highest BCUT2D eigenvalue weighted by Crippen LogP contribution is 2.26. The molecule has 3 aromatic rings. The van der Waals surface area contributed by atoms with E-state index in [4.69, 9.17) is 36.9 Å². The van der Waals surface area contributed by atoms with Crippen molar-refractivity contribution < 1.29 is 26.9 Å². The third kappa shape index (κ3) is 8.20. The minimum atomic E-state index is -4.29. The summed E-state index contributed by atoms with van der Waals surface area (Å²) in [6.45, 7) is 0.271. The lowest BCUT2D eigenvalue weighted by molar-refractivity contribution is -0.115. The number of benzene rings is 3. The molecular weight excluding hydrogens is 499 g/mol. The van der Waals surface area contributed by atoms with Gasteiger partial charge in [-0.2, -0.15) is 8.42 Å². The fourth-order valence-corrected chi connectivity index (χ4v) is 4.97. The fourth-order valence-electron chi connectivity index (χ4n) is 3.15. The molecular formula is C25H24Cl2O6S. The summed E-state index contributed by atoms with van der Waals surface area (Å²) in [4.78, 5) is 11.2. The summed E-state index contributed by atoms with van der Waals surface area (Å²) < 4.78 is 43.2. The Kier molecular flexibility index (Phi) is 10.1. The van der Waals surface area contributed by atoms with Crippen molar-refractivity contribution in [2.24, 2.45) is 0 Å². The molecule has 3 rings (SSSR count). The Balaban J connectivity index is 1.80. The van der Waals surface area contributed by atoms with Crippen molar-refractivity contribution in [2.45, 2.75) is 36.7 Å². The first kappa shape index (κ1) is 26.3. The third-order valence-corrected chi connectivity index (χ3v) is 6.57. The zero-order chi connectivity index (χ0) is 24.4. The molecule has 180 valence electrons. The molecule has 2 atom stereocenters. The Morgan fingerprint density at radius 3 is 1.91 bits per heavy atom. The monoisotopic (exact) mass is 522 g/mol. The largest absolute Gasteiger partial charge is 0.374 e. The van der Waals surface area contributed by atoms with Crippen LogP contribution in [0, 0.1) is 0 Å². The summed E-state index contributed by atoms with van der Waals surface area (Å²) in [5.41, 5.74) is 1.77. The maximum Gasteiger partial charge on any atom is 0.297 e. The SMILES string of the molecule is O=CCC(OCc1ccccc1)C(COCc1ccccc1)OS(=O)(=O)c1cc(Cl)cc(Cl)c1. The first-order valence-electron chi connectivity index (χ1n) is 10.5. The number of hydrogen-bond acceptors (Lipinski definition) is 6. The van der Waals surface area contributed by atoms with Crippen LogP contribution in [0.15, 0.2) is 83.8 Å². The van der Waals surface area contributed by atoms with Gasteiger partial charge in [-0.15, -0.1) is 0 Å². The van der Waals surface area contributed by atoms with Crippen molar-refractivity contribution in [1.82, 2.24) is 0 Å². The molecule has 0 heterocycles. The number of carbonyl (C=O) groups is 1. The maximum atomic E-state index is 13.0. The lowest BCUT2D eigenvalue weighted by Gasteiger charge is -2.26. The van der Waals surface area contributed by atoms with Crippen LogP contribution in [0.1, 0.15) is 17.5 Å². The van der Waals surface area contributed by atoms with Gasteiger partial charge >= 0.3 is 0 Å². The molecule has 6 nitrogen and oxygen atoms in total. The molecule has 0 bridgehead atoms. The molecule has 0 N–H and O–H groups in total. The van der Waals surface area contributed by atoms with Crippen molar-refractivity contribution in [3.63, 3.8) is 0 Å². The van der Waals surface area contributed by atoms with E-state index < -0.39 is 22.3 Å². The van der Waals surface area contributed by atoms with Gasteiger partial charge < -0.3 is 14.3 Å². The van der Waals surface area contributed by atoms with Crippen LogP contribution in [-0.4, -0.2) is 33.5 Å². The van der Waals surface area contributed by atoms with Gasteiger partial charge in [-0.25, -0.2) is 0 Å². The van der Waals surface area contributed by atoms with E-state index in [-0.39, 0.29) is 41.2 Å². The molecule has 0 radical (unpaired) electrons. The van der Waals surface area contributed by atoms with E-state index in [1.807, 2.05) is 60.7 Å². The maximum absolute atomic E-state index is 13.0. The van der Waals surface area contributed by atoms with Crippen molar-refractivity contribution in [3.8, 4) is 0 Å². The van der Waals surface area contributed by atoms with Gasteiger partial charge in [0.25, 0.3) is 10.1 Å². The van der Waals surface area contributed by atoms with Gasteiger partial charge in [0.05, 0.1) is 30.8 Å².